The number of aliphatic carboxylic acids is 1. The predicted octanol–water partition coefficient (Wildman–Crippen LogP) is 4.18. The SMILES string of the molecule is CCCCC(Nc1nc(C)nc2sc3c(c12)CCC(C)C3)C(=O)O. The number of carboxylic acid groups (broad SMARTS) is 1. The summed E-state index contributed by atoms with van der Waals surface area (Å²) in [5, 5.41) is 13.8. The van der Waals surface area contributed by atoms with Gasteiger partial charge in [0.15, 0.2) is 0 Å². The van der Waals surface area contributed by atoms with Gasteiger partial charge < -0.3 is 10.4 Å². The van der Waals surface area contributed by atoms with Crippen LogP contribution < -0.4 is 5.32 Å². The normalized spacial score (nSPS) is 18.4. The minimum absolute atomic E-state index is 0.597. The van der Waals surface area contributed by atoms with Crippen molar-refractivity contribution in [1.82, 2.24) is 9.97 Å². The van der Waals surface area contributed by atoms with E-state index in [0.717, 1.165) is 35.9 Å². The zero-order chi connectivity index (χ0) is 17.3. The molecule has 2 heterocycles. The van der Waals surface area contributed by atoms with Crippen LogP contribution in [0.2, 0.25) is 0 Å². The van der Waals surface area contributed by atoms with Gasteiger partial charge in [0.2, 0.25) is 0 Å². The Bertz CT molecular complexity index is 756. The molecule has 5 nitrogen and oxygen atoms in total. The van der Waals surface area contributed by atoms with E-state index in [1.807, 2.05) is 6.92 Å². The molecule has 0 saturated carbocycles. The van der Waals surface area contributed by atoms with E-state index >= 15 is 0 Å². The summed E-state index contributed by atoms with van der Waals surface area (Å²) in [6, 6.07) is -0.597. The fourth-order valence-electron chi connectivity index (χ4n) is 3.38. The number of nitrogens with zero attached hydrogens (tertiary/aromatic N) is 2. The Balaban J connectivity index is 2.01. The lowest BCUT2D eigenvalue weighted by atomic mass is 9.89. The number of nitrogens with one attached hydrogen (secondary N) is 1. The molecule has 24 heavy (non-hydrogen) atoms. The van der Waals surface area contributed by atoms with E-state index in [-0.39, 0.29) is 0 Å². The van der Waals surface area contributed by atoms with Crippen LogP contribution in [0, 0.1) is 12.8 Å². The third-order valence-electron chi connectivity index (χ3n) is 4.72. The van der Waals surface area contributed by atoms with E-state index in [2.05, 4.69) is 29.1 Å². The highest BCUT2D eigenvalue weighted by molar-refractivity contribution is 7.19. The summed E-state index contributed by atoms with van der Waals surface area (Å²) in [5.74, 6) is 1.28. The quantitative estimate of drug-likeness (QED) is 0.820. The number of aryl methyl sites for hydroxylation is 2. The Hall–Kier alpha value is -1.69. The number of rotatable bonds is 6. The second kappa shape index (κ2) is 7.05. The van der Waals surface area contributed by atoms with Crippen molar-refractivity contribution >= 4 is 33.3 Å². The van der Waals surface area contributed by atoms with Crippen LogP contribution >= 0.6 is 11.3 Å². The van der Waals surface area contributed by atoms with E-state index in [1.165, 1.54) is 16.9 Å². The fraction of sp³-hybridized carbons (Fsp3) is 0.611. The summed E-state index contributed by atoms with van der Waals surface area (Å²) in [5.41, 5.74) is 1.33. The molecule has 0 spiro atoms. The molecule has 2 N–H and O–H groups in total. The molecule has 2 atom stereocenters. The first-order valence-electron chi connectivity index (χ1n) is 8.77. The molecule has 0 bridgehead atoms. The molecule has 2 unspecified atom stereocenters. The molecule has 0 aromatic carbocycles. The third kappa shape index (κ3) is 3.38. The molecule has 2 aromatic rings. The van der Waals surface area contributed by atoms with Gasteiger partial charge in [-0.2, -0.15) is 0 Å². The first-order chi connectivity index (χ1) is 11.5. The molecule has 2 aromatic heterocycles. The van der Waals surface area contributed by atoms with Crippen LogP contribution in [0.4, 0.5) is 5.82 Å². The molecule has 130 valence electrons. The zero-order valence-electron chi connectivity index (χ0n) is 14.6. The standard InChI is InChI=1S/C18H25N3O2S/c1-4-5-6-13(18(22)23)21-16-15-12-8-7-10(2)9-14(12)24-17(15)20-11(3)19-16/h10,13H,4-9H2,1-3H3,(H,22,23)(H,19,20,21). The van der Waals surface area contributed by atoms with E-state index in [9.17, 15) is 9.90 Å². The van der Waals surface area contributed by atoms with Crippen LogP contribution in [0.1, 0.15) is 55.8 Å². The highest BCUT2D eigenvalue weighted by Crippen LogP contribution is 2.40. The number of anilines is 1. The maximum absolute atomic E-state index is 11.6. The summed E-state index contributed by atoms with van der Waals surface area (Å²) in [6.07, 6.45) is 5.77. The van der Waals surface area contributed by atoms with Crippen molar-refractivity contribution < 1.29 is 9.90 Å². The molecule has 6 heteroatoms. The molecule has 1 aliphatic rings. The lowest BCUT2D eigenvalue weighted by Gasteiger charge is -2.19. The van der Waals surface area contributed by atoms with Crippen LogP contribution in [-0.4, -0.2) is 27.1 Å². The molecule has 0 amide bonds. The Kier molecular flexibility index (Phi) is 5.04. The molecule has 3 rings (SSSR count). The highest BCUT2D eigenvalue weighted by atomic mass is 32.1. The third-order valence-corrected chi connectivity index (χ3v) is 5.87. The van der Waals surface area contributed by atoms with Crippen LogP contribution in [-0.2, 0) is 17.6 Å². The predicted molar refractivity (Wildman–Crippen MR) is 97.9 cm³/mol. The second-order valence-corrected chi connectivity index (χ2v) is 7.91. The van der Waals surface area contributed by atoms with Gasteiger partial charge >= 0.3 is 5.97 Å². The number of unbranched alkanes of at least 4 members (excludes halogenated alkanes) is 1. The number of thiophene rings is 1. The van der Waals surface area contributed by atoms with Gasteiger partial charge in [-0.15, -0.1) is 11.3 Å². The smallest absolute Gasteiger partial charge is 0.326 e. The second-order valence-electron chi connectivity index (χ2n) is 6.83. The average molecular weight is 347 g/mol. The average Bonchev–Trinajstić information content (AvgIpc) is 2.87. The van der Waals surface area contributed by atoms with Crippen LogP contribution in [0.15, 0.2) is 0 Å². The molecule has 0 saturated heterocycles. The number of aromatic nitrogens is 2. The molecule has 0 aliphatic heterocycles. The van der Waals surface area contributed by atoms with Crippen molar-refractivity contribution in [1.29, 1.82) is 0 Å². The van der Waals surface area contributed by atoms with E-state index < -0.39 is 12.0 Å². The number of fused-ring (bicyclic) bond motifs is 3. The van der Waals surface area contributed by atoms with Gasteiger partial charge in [-0.1, -0.05) is 26.7 Å². The molecule has 1 aliphatic carbocycles. The van der Waals surface area contributed by atoms with Crippen molar-refractivity contribution in [3.63, 3.8) is 0 Å². The zero-order valence-corrected chi connectivity index (χ0v) is 15.4. The number of carboxylic acids is 1. The highest BCUT2D eigenvalue weighted by Gasteiger charge is 2.25. The van der Waals surface area contributed by atoms with Crippen LogP contribution in [0.5, 0.6) is 0 Å². The summed E-state index contributed by atoms with van der Waals surface area (Å²) < 4.78 is 0. The summed E-state index contributed by atoms with van der Waals surface area (Å²) in [7, 11) is 0. The number of hydrogen-bond acceptors (Lipinski definition) is 5. The first kappa shape index (κ1) is 17.1. The maximum Gasteiger partial charge on any atom is 0.326 e. The molecular weight excluding hydrogens is 322 g/mol. The summed E-state index contributed by atoms with van der Waals surface area (Å²) >= 11 is 1.75. The van der Waals surface area contributed by atoms with E-state index in [0.29, 0.717) is 24.0 Å². The van der Waals surface area contributed by atoms with Crippen molar-refractivity contribution in [3.05, 3.63) is 16.3 Å². The largest absolute Gasteiger partial charge is 0.480 e. The first-order valence-corrected chi connectivity index (χ1v) is 9.59. The van der Waals surface area contributed by atoms with Crippen molar-refractivity contribution in [2.45, 2.75) is 65.3 Å². The minimum Gasteiger partial charge on any atom is -0.480 e. The summed E-state index contributed by atoms with van der Waals surface area (Å²) in [4.78, 5) is 23.1. The van der Waals surface area contributed by atoms with Crippen LogP contribution in [0.3, 0.4) is 0 Å². The number of hydrogen-bond donors (Lipinski definition) is 2. The van der Waals surface area contributed by atoms with Gasteiger partial charge in [0, 0.05) is 4.88 Å². The van der Waals surface area contributed by atoms with Gasteiger partial charge in [0.25, 0.3) is 0 Å². The van der Waals surface area contributed by atoms with Gasteiger partial charge in [0.05, 0.1) is 5.39 Å². The van der Waals surface area contributed by atoms with Crippen molar-refractivity contribution in [3.8, 4) is 0 Å². The van der Waals surface area contributed by atoms with E-state index in [4.69, 9.17) is 0 Å². The molecule has 0 fully saturated rings. The Labute approximate surface area is 146 Å². The van der Waals surface area contributed by atoms with E-state index in [1.54, 1.807) is 11.3 Å². The lowest BCUT2D eigenvalue weighted by molar-refractivity contribution is -0.138. The van der Waals surface area contributed by atoms with Gasteiger partial charge in [-0.05, 0) is 44.1 Å². The van der Waals surface area contributed by atoms with Gasteiger partial charge in [0.1, 0.15) is 22.5 Å². The van der Waals surface area contributed by atoms with Gasteiger partial charge in [-0.25, -0.2) is 14.8 Å². The molecular formula is C18H25N3O2S. The Morgan fingerprint density at radius 3 is 2.96 bits per heavy atom. The minimum atomic E-state index is -0.814. The monoisotopic (exact) mass is 347 g/mol. The topological polar surface area (TPSA) is 75.1 Å². The van der Waals surface area contributed by atoms with Crippen LogP contribution in [0.25, 0.3) is 10.2 Å². The van der Waals surface area contributed by atoms with Gasteiger partial charge in [-0.3, -0.25) is 0 Å². The Morgan fingerprint density at radius 1 is 1.46 bits per heavy atom. The van der Waals surface area contributed by atoms with Crippen molar-refractivity contribution in [2.75, 3.05) is 5.32 Å². The Morgan fingerprint density at radius 2 is 2.25 bits per heavy atom. The summed E-state index contributed by atoms with van der Waals surface area (Å²) in [6.45, 7) is 6.23. The van der Waals surface area contributed by atoms with Crippen molar-refractivity contribution in [2.24, 2.45) is 5.92 Å². The fourth-order valence-corrected chi connectivity index (χ4v) is 4.81. The number of carbonyl (C=O) groups is 1. The maximum atomic E-state index is 11.6. The lowest BCUT2D eigenvalue weighted by Crippen LogP contribution is -2.29. The molecule has 0 radical (unpaired) electrons.